The van der Waals surface area contributed by atoms with E-state index in [-0.39, 0.29) is 61.4 Å². The van der Waals surface area contributed by atoms with Crippen molar-refractivity contribution in [2.45, 2.75) is 25.9 Å². The SMILES string of the molecule is [C-]#[N+]/C(C#N)=c1/c2c(/c(=C(\C#N)[N+]#[C-])c3c1-c1c(cccc1-c1c(F)c(F)c(C)c(F)c1F)C3)-c1c(cccc1-c1c(F)c(F)c(C(F)(F)F)c(F)c1F)C2. The first-order valence-corrected chi connectivity index (χ1v) is 15.6. The minimum Gasteiger partial charge on any atom is -0.226 e. The molecule has 4 nitrogen and oxygen atoms in total. The van der Waals surface area contributed by atoms with Crippen molar-refractivity contribution in [3.63, 3.8) is 0 Å². The molecule has 0 spiro atoms. The summed E-state index contributed by atoms with van der Waals surface area (Å²) in [6.07, 6.45) is -6.59. The molecule has 0 saturated heterocycles. The predicted molar refractivity (Wildman–Crippen MR) is 174 cm³/mol. The fourth-order valence-electron chi connectivity index (χ4n) is 7.53. The first kappa shape index (κ1) is 36.4. The lowest BCUT2D eigenvalue weighted by molar-refractivity contribution is -0.143. The molecule has 0 bridgehead atoms. The lowest BCUT2D eigenvalue weighted by atomic mass is 9.86. The van der Waals surface area contributed by atoms with Gasteiger partial charge in [0.05, 0.1) is 36.4 Å². The quantitative estimate of drug-likeness (QED) is 0.100. The highest BCUT2D eigenvalue weighted by molar-refractivity contribution is 6.00. The molecule has 0 fully saturated rings. The fourth-order valence-corrected chi connectivity index (χ4v) is 7.53. The van der Waals surface area contributed by atoms with Crippen LogP contribution in [0.2, 0.25) is 0 Å². The van der Waals surface area contributed by atoms with E-state index in [0.717, 1.165) is 25.1 Å². The number of nitrogens with zero attached hydrogens (tertiary/aromatic N) is 4. The first-order chi connectivity index (χ1) is 26.0. The van der Waals surface area contributed by atoms with Gasteiger partial charge in [-0.3, -0.25) is 0 Å². The molecule has 0 atom stereocenters. The van der Waals surface area contributed by atoms with Crippen LogP contribution in [-0.4, -0.2) is 0 Å². The Bertz CT molecular complexity index is 2860. The zero-order chi connectivity index (χ0) is 40.0. The summed E-state index contributed by atoms with van der Waals surface area (Å²) in [5.74, 6) is -17.3. The Morgan fingerprint density at radius 3 is 1.25 bits per heavy atom. The molecular weight excluding hydrogens is 745 g/mol. The Balaban J connectivity index is 1.71. The number of alkyl halides is 3. The first-order valence-electron chi connectivity index (χ1n) is 15.6. The van der Waals surface area contributed by atoms with Gasteiger partial charge in [-0.1, -0.05) is 36.4 Å². The Labute approximate surface area is 302 Å². The van der Waals surface area contributed by atoms with Crippen LogP contribution in [-0.2, 0) is 19.0 Å². The van der Waals surface area contributed by atoms with Crippen LogP contribution in [0.1, 0.15) is 33.4 Å². The zero-order valence-electron chi connectivity index (χ0n) is 27.3. The van der Waals surface area contributed by atoms with E-state index in [2.05, 4.69) is 9.69 Å². The smallest absolute Gasteiger partial charge is 0.226 e. The fraction of sp³-hybridized carbons (Fsp3) is 0.100. The molecular formula is C40H13F11N4. The maximum absolute atomic E-state index is 15.6. The van der Waals surface area contributed by atoms with Gasteiger partial charge in [0.15, 0.2) is 46.5 Å². The molecule has 0 heterocycles. The van der Waals surface area contributed by atoms with Crippen LogP contribution in [0.5, 0.6) is 0 Å². The largest absolute Gasteiger partial charge is 0.422 e. The molecule has 270 valence electrons. The average molecular weight is 759 g/mol. The molecule has 15 heteroatoms. The van der Waals surface area contributed by atoms with Gasteiger partial charge in [-0.05, 0) is 75.4 Å². The van der Waals surface area contributed by atoms with Crippen LogP contribution in [0.4, 0.5) is 48.3 Å². The van der Waals surface area contributed by atoms with E-state index in [1.165, 1.54) is 18.2 Å². The molecule has 5 aromatic rings. The van der Waals surface area contributed by atoms with E-state index >= 15 is 17.6 Å². The second-order valence-corrected chi connectivity index (χ2v) is 12.4. The molecule has 2 aliphatic carbocycles. The molecule has 0 unspecified atom stereocenters. The van der Waals surface area contributed by atoms with Crippen molar-refractivity contribution < 1.29 is 48.3 Å². The third-order valence-corrected chi connectivity index (χ3v) is 9.72. The highest BCUT2D eigenvalue weighted by Crippen LogP contribution is 2.49. The Kier molecular flexibility index (Phi) is 8.32. The molecule has 5 aromatic carbocycles. The van der Waals surface area contributed by atoms with Crippen molar-refractivity contribution in [3.8, 4) is 56.6 Å². The van der Waals surface area contributed by atoms with Gasteiger partial charge in [-0.15, -0.1) is 0 Å². The van der Waals surface area contributed by atoms with Crippen molar-refractivity contribution in [1.82, 2.24) is 0 Å². The molecule has 0 saturated carbocycles. The summed E-state index contributed by atoms with van der Waals surface area (Å²) >= 11 is 0. The van der Waals surface area contributed by atoms with Crippen LogP contribution in [0.3, 0.4) is 0 Å². The van der Waals surface area contributed by atoms with Crippen molar-refractivity contribution >= 4 is 11.4 Å². The highest BCUT2D eigenvalue weighted by atomic mass is 19.4. The van der Waals surface area contributed by atoms with Gasteiger partial charge in [0.2, 0.25) is 0 Å². The average Bonchev–Trinajstić information content (AvgIpc) is 3.73. The van der Waals surface area contributed by atoms with Crippen LogP contribution >= 0.6 is 0 Å². The van der Waals surface area contributed by atoms with Crippen molar-refractivity contribution in [2.75, 3.05) is 0 Å². The number of benzene rings is 5. The van der Waals surface area contributed by atoms with E-state index in [1.54, 1.807) is 12.1 Å². The summed E-state index contributed by atoms with van der Waals surface area (Å²) < 4.78 is 163. The summed E-state index contributed by atoms with van der Waals surface area (Å²) in [5, 5.41) is 19.8. The monoisotopic (exact) mass is 758 g/mol. The van der Waals surface area contributed by atoms with E-state index in [0.29, 0.717) is 0 Å². The molecule has 0 aromatic heterocycles. The number of rotatable bonds is 2. The minimum atomic E-state index is -5.85. The molecule has 2 aliphatic rings. The van der Waals surface area contributed by atoms with Gasteiger partial charge in [0, 0.05) is 16.0 Å². The topological polar surface area (TPSA) is 56.3 Å². The Morgan fingerprint density at radius 1 is 0.564 bits per heavy atom. The molecule has 0 N–H and O–H groups in total. The van der Waals surface area contributed by atoms with E-state index < -0.39 is 104 Å². The number of nitriles is 2. The van der Waals surface area contributed by atoms with Crippen LogP contribution in [0, 0.1) is 89.3 Å². The van der Waals surface area contributed by atoms with Gasteiger partial charge in [-0.2, -0.15) is 13.2 Å². The van der Waals surface area contributed by atoms with Gasteiger partial charge in [-0.25, -0.2) is 55.3 Å². The van der Waals surface area contributed by atoms with Crippen molar-refractivity contribution in [1.29, 1.82) is 10.5 Å². The van der Waals surface area contributed by atoms with Gasteiger partial charge < -0.3 is 0 Å². The minimum absolute atomic E-state index is 0.0519. The molecule has 0 radical (unpaired) electrons. The maximum atomic E-state index is 15.6. The molecule has 0 amide bonds. The van der Waals surface area contributed by atoms with E-state index in [4.69, 9.17) is 13.1 Å². The maximum Gasteiger partial charge on any atom is 0.422 e. The zero-order valence-corrected chi connectivity index (χ0v) is 27.3. The number of halogens is 11. The van der Waals surface area contributed by atoms with Crippen LogP contribution in [0.25, 0.3) is 65.6 Å². The lowest BCUT2D eigenvalue weighted by Gasteiger charge is -2.18. The Morgan fingerprint density at radius 2 is 0.927 bits per heavy atom. The summed E-state index contributed by atoms with van der Waals surface area (Å²) in [4.78, 5) is 6.59. The van der Waals surface area contributed by atoms with Crippen molar-refractivity contribution in [2.24, 2.45) is 0 Å². The standard InChI is InChI=1S/C40H13F11N4/c1-14-32(41)34(43)29(35(44)33(14)42)17-8-4-6-15-10-19-26(22(13-53)55-3)28-20(25(21(12-52)54-2)27(19)23(15)17)11-16-7-5-9-18(24(16)28)30-36(45)38(47)31(40(49,50)51)39(48)37(30)46/h4-9H,10-11H2,1H3/b25-21-,26-22+. The predicted octanol–water partition coefficient (Wildman–Crippen LogP) is 9.71. The normalized spacial score (nSPS) is 13.5. The molecule has 55 heavy (non-hydrogen) atoms. The Hall–Kier alpha value is -6.97. The van der Waals surface area contributed by atoms with Crippen LogP contribution in [0.15, 0.2) is 36.4 Å². The second-order valence-electron chi connectivity index (χ2n) is 12.4. The van der Waals surface area contributed by atoms with E-state index in [1.807, 2.05) is 0 Å². The summed E-state index contributed by atoms with van der Waals surface area (Å²) in [6.45, 7) is 16.5. The van der Waals surface area contributed by atoms with Crippen LogP contribution < -0.4 is 10.4 Å². The third-order valence-electron chi connectivity index (χ3n) is 9.72. The summed E-state index contributed by atoms with van der Waals surface area (Å²) in [7, 11) is 0. The molecule has 0 aliphatic heterocycles. The number of fused-ring (bicyclic) bond motifs is 6. The highest BCUT2D eigenvalue weighted by Gasteiger charge is 2.43. The third kappa shape index (κ3) is 4.93. The van der Waals surface area contributed by atoms with Gasteiger partial charge in [0.1, 0.15) is 5.56 Å². The van der Waals surface area contributed by atoms with Gasteiger partial charge >= 0.3 is 6.18 Å². The second kappa shape index (κ2) is 12.6. The van der Waals surface area contributed by atoms with Crippen molar-refractivity contribution in [3.05, 3.63) is 150 Å². The molecule has 7 rings (SSSR count). The number of hydrogen-bond acceptors (Lipinski definition) is 2. The lowest BCUT2D eigenvalue weighted by Crippen LogP contribution is -2.26. The van der Waals surface area contributed by atoms with E-state index in [9.17, 15) is 41.3 Å². The van der Waals surface area contributed by atoms with Gasteiger partial charge in [0.25, 0.3) is 11.4 Å². The summed E-state index contributed by atoms with van der Waals surface area (Å²) in [5.41, 5.74) is -9.89. The number of hydrogen-bond donors (Lipinski definition) is 0. The summed E-state index contributed by atoms with van der Waals surface area (Å²) in [6, 6.07) is 10.6.